The molecular formula is C24H35FN4O. The van der Waals surface area contributed by atoms with Crippen molar-refractivity contribution >= 4 is 5.91 Å². The van der Waals surface area contributed by atoms with E-state index >= 15 is 0 Å². The zero-order valence-corrected chi connectivity index (χ0v) is 18.1. The number of fused-ring (bicyclic) bond motifs is 1. The lowest BCUT2D eigenvalue weighted by atomic mass is 9.76. The first kappa shape index (κ1) is 20.4. The second kappa shape index (κ2) is 8.21. The number of benzene rings is 1. The van der Waals surface area contributed by atoms with Crippen molar-refractivity contribution in [3.63, 3.8) is 0 Å². The smallest absolute Gasteiger partial charge is 0.241 e. The highest BCUT2D eigenvalue weighted by atomic mass is 19.1. The van der Waals surface area contributed by atoms with Crippen molar-refractivity contribution in [3.8, 4) is 0 Å². The maximum absolute atomic E-state index is 14.1. The van der Waals surface area contributed by atoms with E-state index in [1.54, 1.807) is 12.1 Å². The zero-order valence-electron chi connectivity index (χ0n) is 18.1. The van der Waals surface area contributed by atoms with Gasteiger partial charge in [-0.1, -0.05) is 25.1 Å². The number of piperidine rings is 1. The molecular weight excluding hydrogens is 379 g/mol. The summed E-state index contributed by atoms with van der Waals surface area (Å²) >= 11 is 0. The topological polar surface area (TPSA) is 47.6 Å². The third-order valence-corrected chi connectivity index (χ3v) is 8.12. The number of nitrogens with one attached hydrogen (secondary N) is 2. The number of carbonyl (C=O) groups excluding carboxylic acids is 1. The van der Waals surface area contributed by atoms with Crippen LogP contribution in [0.2, 0.25) is 0 Å². The SMILES string of the molecule is CC1CCC2NNC(C(=O)N3CCC4(CCCN(Cc5ccccc5F)C4)C3)C2C1. The van der Waals surface area contributed by atoms with Gasteiger partial charge in [-0.2, -0.15) is 0 Å². The highest BCUT2D eigenvalue weighted by Gasteiger charge is 2.48. The van der Waals surface area contributed by atoms with Crippen molar-refractivity contribution in [1.82, 2.24) is 20.7 Å². The predicted octanol–water partition coefficient (Wildman–Crippen LogP) is 2.92. The van der Waals surface area contributed by atoms with Crippen LogP contribution in [0.15, 0.2) is 24.3 Å². The van der Waals surface area contributed by atoms with Crippen LogP contribution >= 0.6 is 0 Å². The summed E-state index contributed by atoms with van der Waals surface area (Å²) in [4.78, 5) is 17.9. The van der Waals surface area contributed by atoms with Gasteiger partial charge in [0.25, 0.3) is 0 Å². The molecule has 2 N–H and O–H groups in total. The van der Waals surface area contributed by atoms with Gasteiger partial charge in [0.05, 0.1) is 0 Å². The number of hydrogen-bond donors (Lipinski definition) is 2. The molecule has 5 atom stereocenters. The number of carbonyl (C=O) groups is 1. The molecule has 3 saturated heterocycles. The second-order valence-corrected chi connectivity index (χ2v) is 10.4. The molecule has 0 aromatic heterocycles. The van der Waals surface area contributed by atoms with Crippen LogP contribution in [0.4, 0.5) is 4.39 Å². The Balaban J connectivity index is 1.22. The molecule has 30 heavy (non-hydrogen) atoms. The Hall–Kier alpha value is -1.50. The molecule has 3 aliphatic heterocycles. The normalized spacial score (nSPS) is 36.9. The maximum atomic E-state index is 14.1. The molecule has 1 aromatic carbocycles. The zero-order chi connectivity index (χ0) is 20.7. The molecule has 5 nitrogen and oxygen atoms in total. The molecule has 1 aliphatic carbocycles. The van der Waals surface area contributed by atoms with Gasteiger partial charge < -0.3 is 4.90 Å². The maximum Gasteiger partial charge on any atom is 0.241 e. The number of likely N-dealkylation sites (tertiary alicyclic amines) is 2. The standard InChI is InChI=1S/C24H35FN4O/c1-17-7-8-21-19(13-17)22(27-26-21)23(30)29-12-10-24(16-29)9-4-11-28(15-24)14-18-5-2-3-6-20(18)25/h2-3,5-6,17,19,21-22,26-27H,4,7-16H2,1H3. The van der Waals surface area contributed by atoms with Crippen molar-refractivity contribution in [1.29, 1.82) is 0 Å². The van der Waals surface area contributed by atoms with E-state index in [-0.39, 0.29) is 23.2 Å². The van der Waals surface area contributed by atoms with E-state index in [4.69, 9.17) is 0 Å². The summed E-state index contributed by atoms with van der Waals surface area (Å²) in [6.45, 7) is 6.66. The summed E-state index contributed by atoms with van der Waals surface area (Å²) in [7, 11) is 0. The third kappa shape index (κ3) is 3.90. The minimum Gasteiger partial charge on any atom is -0.341 e. The minimum absolute atomic E-state index is 0.0778. The van der Waals surface area contributed by atoms with E-state index in [9.17, 15) is 9.18 Å². The molecule has 0 radical (unpaired) electrons. The Kier molecular flexibility index (Phi) is 5.58. The predicted molar refractivity (Wildman–Crippen MR) is 115 cm³/mol. The van der Waals surface area contributed by atoms with E-state index in [1.165, 1.54) is 12.8 Å². The van der Waals surface area contributed by atoms with Gasteiger partial charge in [-0.15, -0.1) is 0 Å². The number of halogens is 1. The van der Waals surface area contributed by atoms with Crippen LogP contribution < -0.4 is 10.9 Å². The van der Waals surface area contributed by atoms with Gasteiger partial charge in [-0.05, 0) is 57.1 Å². The molecule has 1 aromatic rings. The van der Waals surface area contributed by atoms with Gasteiger partial charge in [0.2, 0.25) is 5.91 Å². The average molecular weight is 415 g/mol. The van der Waals surface area contributed by atoms with Gasteiger partial charge in [-0.3, -0.25) is 15.1 Å². The summed E-state index contributed by atoms with van der Waals surface area (Å²) in [6, 6.07) is 7.47. The van der Waals surface area contributed by atoms with E-state index < -0.39 is 0 Å². The molecule has 5 unspecified atom stereocenters. The van der Waals surface area contributed by atoms with Crippen molar-refractivity contribution in [2.24, 2.45) is 17.3 Å². The van der Waals surface area contributed by atoms with E-state index in [2.05, 4.69) is 27.6 Å². The molecule has 164 valence electrons. The fraction of sp³-hybridized carbons (Fsp3) is 0.708. The Morgan fingerprint density at radius 3 is 2.90 bits per heavy atom. The van der Waals surface area contributed by atoms with E-state index in [0.717, 1.165) is 57.4 Å². The molecule has 5 rings (SSSR count). The van der Waals surface area contributed by atoms with Crippen LogP contribution in [0, 0.1) is 23.1 Å². The first-order chi connectivity index (χ1) is 14.5. The Morgan fingerprint density at radius 2 is 2.03 bits per heavy atom. The molecule has 1 saturated carbocycles. The summed E-state index contributed by atoms with van der Waals surface area (Å²) in [6.07, 6.45) is 6.92. The monoisotopic (exact) mass is 414 g/mol. The van der Waals surface area contributed by atoms with Crippen LogP contribution in [0.1, 0.15) is 51.0 Å². The third-order valence-electron chi connectivity index (χ3n) is 8.12. The van der Waals surface area contributed by atoms with Gasteiger partial charge in [-0.25, -0.2) is 9.82 Å². The number of rotatable bonds is 3. The average Bonchev–Trinajstić information content (AvgIpc) is 3.33. The molecule has 1 amide bonds. The first-order valence-corrected chi connectivity index (χ1v) is 11.8. The minimum atomic E-state index is -0.114. The molecule has 4 fully saturated rings. The van der Waals surface area contributed by atoms with E-state index in [0.29, 0.717) is 24.4 Å². The Morgan fingerprint density at radius 1 is 1.17 bits per heavy atom. The van der Waals surface area contributed by atoms with Gasteiger partial charge in [0.1, 0.15) is 11.9 Å². The lowest BCUT2D eigenvalue weighted by Gasteiger charge is -2.40. The lowest BCUT2D eigenvalue weighted by molar-refractivity contribution is -0.134. The van der Waals surface area contributed by atoms with Crippen LogP contribution in [0.5, 0.6) is 0 Å². The largest absolute Gasteiger partial charge is 0.341 e. The summed E-state index contributed by atoms with van der Waals surface area (Å²) in [5.41, 5.74) is 7.69. The number of amides is 1. The fourth-order valence-corrected chi connectivity index (χ4v) is 6.49. The van der Waals surface area contributed by atoms with Crippen molar-refractivity contribution in [2.75, 3.05) is 26.2 Å². The van der Waals surface area contributed by atoms with Crippen LogP contribution in [-0.4, -0.2) is 54.0 Å². The first-order valence-electron chi connectivity index (χ1n) is 11.8. The van der Waals surface area contributed by atoms with Crippen molar-refractivity contribution in [3.05, 3.63) is 35.6 Å². The van der Waals surface area contributed by atoms with Gasteiger partial charge >= 0.3 is 0 Å². The lowest BCUT2D eigenvalue weighted by Crippen LogP contribution is -2.49. The fourth-order valence-electron chi connectivity index (χ4n) is 6.49. The summed E-state index contributed by atoms with van der Waals surface area (Å²) in [5.74, 6) is 1.30. The van der Waals surface area contributed by atoms with Gasteiger partial charge in [0.15, 0.2) is 0 Å². The highest BCUT2D eigenvalue weighted by Crippen LogP contribution is 2.41. The highest BCUT2D eigenvalue weighted by molar-refractivity contribution is 5.83. The number of nitrogens with zero attached hydrogens (tertiary/aromatic N) is 2. The quantitative estimate of drug-likeness (QED) is 0.799. The molecule has 0 bridgehead atoms. The van der Waals surface area contributed by atoms with Crippen LogP contribution in [-0.2, 0) is 11.3 Å². The van der Waals surface area contributed by atoms with Crippen LogP contribution in [0.25, 0.3) is 0 Å². The molecule has 3 heterocycles. The second-order valence-electron chi connectivity index (χ2n) is 10.4. The Labute approximate surface area is 179 Å². The Bertz CT molecular complexity index is 788. The number of hydrogen-bond acceptors (Lipinski definition) is 4. The number of hydrazine groups is 1. The summed E-state index contributed by atoms with van der Waals surface area (Å²) < 4.78 is 14.1. The molecule has 6 heteroatoms. The van der Waals surface area contributed by atoms with Crippen molar-refractivity contribution < 1.29 is 9.18 Å². The van der Waals surface area contributed by atoms with Crippen molar-refractivity contribution in [2.45, 2.75) is 64.1 Å². The summed E-state index contributed by atoms with van der Waals surface area (Å²) in [5, 5.41) is 0. The molecule has 1 spiro atoms. The van der Waals surface area contributed by atoms with Crippen LogP contribution in [0.3, 0.4) is 0 Å². The van der Waals surface area contributed by atoms with E-state index in [1.807, 2.05) is 12.1 Å². The van der Waals surface area contributed by atoms with Gasteiger partial charge in [0, 0.05) is 49.1 Å². The molecule has 4 aliphatic rings.